The Kier molecular flexibility index (Phi) is 3.27. The molecule has 0 saturated heterocycles. The summed E-state index contributed by atoms with van der Waals surface area (Å²) in [6.45, 7) is 4.08. The van der Waals surface area contributed by atoms with Crippen LogP contribution in [0.5, 0.6) is 0 Å². The van der Waals surface area contributed by atoms with Crippen molar-refractivity contribution in [3.8, 4) is 11.5 Å². The zero-order valence-corrected chi connectivity index (χ0v) is 10.0. The maximum Gasteiger partial charge on any atom is 0.223 e. The molecule has 2 N–H and O–H groups in total. The topological polar surface area (TPSA) is 77.6 Å². The monoisotopic (exact) mass is 229 g/mol. The first-order chi connectivity index (χ1) is 8.19. The van der Waals surface area contributed by atoms with Crippen LogP contribution in [0.1, 0.15) is 24.7 Å². The molecular weight excluding hydrogens is 214 g/mol. The number of pyridine rings is 1. The molecule has 0 aliphatic rings. The van der Waals surface area contributed by atoms with Gasteiger partial charge in [-0.1, -0.05) is 6.92 Å². The third kappa shape index (κ3) is 2.75. The Bertz CT molecular complexity index is 524. The van der Waals surface area contributed by atoms with E-state index in [1.54, 1.807) is 6.20 Å². The summed E-state index contributed by atoms with van der Waals surface area (Å²) in [5.74, 6) is 1.52. The maximum atomic E-state index is 5.68. The second kappa shape index (κ2) is 4.86. The predicted octanol–water partition coefficient (Wildman–Crippen LogP) is 1.78. The molecule has 5 nitrogen and oxygen atoms in total. The second-order valence-corrected chi connectivity index (χ2v) is 3.90. The van der Waals surface area contributed by atoms with Crippen molar-refractivity contribution in [1.82, 2.24) is 19.9 Å². The van der Waals surface area contributed by atoms with Gasteiger partial charge in [-0.25, -0.2) is 4.98 Å². The molecule has 5 heteroatoms. The Hall–Kier alpha value is -2.04. The average Bonchev–Trinajstić information content (AvgIpc) is 2.28. The third-order valence-electron chi connectivity index (χ3n) is 2.32. The molecule has 0 spiro atoms. The fourth-order valence-electron chi connectivity index (χ4n) is 1.55. The number of aryl methyl sites for hydroxylation is 2. The van der Waals surface area contributed by atoms with Crippen LogP contribution in [0.3, 0.4) is 0 Å². The lowest BCUT2D eigenvalue weighted by molar-refractivity contribution is 0.823. The zero-order valence-electron chi connectivity index (χ0n) is 10.0. The van der Waals surface area contributed by atoms with Crippen molar-refractivity contribution in [2.24, 2.45) is 0 Å². The number of anilines is 1. The lowest BCUT2D eigenvalue weighted by Gasteiger charge is -2.04. The van der Waals surface area contributed by atoms with Gasteiger partial charge in [-0.3, -0.25) is 4.98 Å². The smallest absolute Gasteiger partial charge is 0.223 e. The van der Waals surface area contributed by atoms with Gasteiger partial charge in [0.05, 0.1) is 0 Å². The Balaban J connectivity index is 2.44. The normalized spacial score (nSPS) is 10.5. The van der Waals surface area contributed by atoms with Gasteiger partial charge in [0, 0.05) is 12.6 Å². The molecule has 0 aromatic carbocycles. The molecule has 0 fully saturated rings. The fourth-order valence-corrected chi connectivity index (χ4v) is 1.55. The van der Waals surface area contributed by atoms with Crippen LogP contribution < -0.4 is 5.73 Å². The van der Waals surface area contributed by atoms with Crippen LogP contribution in [0, 0.1) is 6.92 Å². The minimum atomic E-state index is 0.252. The van der Waals surface area contributed by atoms with E-state index in [1.165, 1.54) is 0 Å². The van der Waals surface area contributed by atoms with Gasteiger partial charge < -0.3 is 5.73 Å². The Labute approximate surface area is 100 Å². The van der Waals surface area contributed by atoms with Gasteiger partial charge >= 0.3 is 0 Å². The molecule has 0 aliphatic carbocycles. The van der Waals surface area contributed by atoms with E-state index in [0.717, 1.165) is 29.9 Å². The lowest BCUT2D eigenvalue weighted by atomic mass is 10.2. The van der Waals surface area contributed by atoms with E-state index in [-0.39, 0.29) is 5.95 Å². The number of nitrogen functional groups attached to an aromatic ring is 1. The standard InChI is InChI=1S/C12H15N5/c1-3-4-10-15-11(17-12(13)16-10)9-7-8(2)5-6-14-9/h5-7H,3-4H2,1-2H3,(H2,13,15,16,17). The first-order valence-corrected chi connectivity index (χ1v) is 5.62. The molecule has 2 rings (SSSR count). The molecule has 88 valence electrons. The molecule has 0 atom stereocenters. The van der Waals surface area contributed by atoms with Gasteiger partial charge in [0.25, 0.3) is 0 Å². The number of hydrogen-bond donors (Lipinski definition) is 1. The Morgan fingerprint density at radius 1 is 1.24 bits per heavy atom. The Morgan fingerprint density at radius 2 is 2.06 bits per heavy atom. The van der Waals surface area contributed by atoms with E-state index in [2.05, 4.69) is 26.9 Å². The second-order valence-electron chi connectivity index (χ2n) is 3.90. The van der Waals surface area contributed by atoms with Crippen molar-refractivity contribution in [3.05, 3.63) is 29.7 Å². The van der Waals surface area contributed by atoms with Crippen molar-refractivity contribution in [1.29, 1.82) is 0 Å². The van der Waals surface area contributed by atoms with Crippen LogP contribution in [0.15, 0.2) is 18.3 Å². The van der Waals surface area contributed by atoms with Crippen molar-refractivity contribution in [2.45, 2.75) is 26.7 Å². The quantitative estimate of drug-likeness (QED) is 0.868. The molecule has 0 amide bonds. The van der Waals surface area contributed by atoms with E-state index >= 15 is 0 Å². The molecule has 0 aliphatic heterocycles. The van der Waals surface area contributed by atoms with Crippen molar-refractivity contribution < 1.29 is 0 Å². The minimum Gasteiger partial charge on any atom is -0.368 e. The van der Waals surface area contributed by atoms with E-state index in [1.807, 2.05) is 19.1 Å². The summed E-state index contributed by atoms with van der Waals surface area (Å²) in [6, 6.07) is 3.87. The van der Waals surface area contributed by atoms with Crippen LogP contribution in [0.4, 0.5) is 5.95 Å². The van der Waals surface area contributed by atoms with E-state index in [9.17, 15) is 0 Å². The highest BCUT2D eigenvalue weighted by molar-refractivity contribution is 5.51. The van der Waals surface area contributed by atoms with Crippen LogP contribution in [-0.2, 0) is 6.42 Å². The highest BCUT2D eigenvalue weighted by Crippen LogP contribution is 2.14. The fraction of sp³-hybridized carbons (Fsp3) is 0.333. The average molecular weight is 229 g/mol. The molecule has 0 unspecified atom stereocenters. The maximum absolute atomic E-state index is 5.68. The molecule has 2 heterocycles. The van der Waals surface area contributed by atoms with Gasteiger partial charge in [-0.2, -0.15) is 9.97 Å². The molecule has 0 saturated carbocycles. The molecular formula is C12H15N5. The highest BCUT2D eigenvalue weighted by atomic mass is 15.1. The minimum absolute atomic E-state index is 0.252. The molecule has 0 bridgehead atoms. The summed E-state index contributed by atoms with van der Waals surface area (Å²) in [7, 11) is 0. The third-order valence-corrected chi connectivity index (χ3v) is 2.32. The Morgan fingerprint density at radius 3 is 2.76 bits per heavy atom. The summed E-state index contributed by atoms with van der Waals surface area (Å²) in [5.41, 5.74) is 7.52. The van der Waals surface area contributed by atoms with E-state index in [0.29, 0.717) is 5.82 Å². The van der Waals surface area contributed by atoms with Crippen molar-refractivity contribution >= 4 is 5.95 Å². The molecule has 17 heavy (non-hydrogen) atoms. The van der Waals surface area contributed by atoms with Gasteiger partial charge in [-0.05, 0) is 31.0 Å². The van der Waals surface area contributed by atoms with Crippen LogP contribution >= 0.6 is 0 Å². The first-order valence-electron chi connectivity index (χ1n) is 5.62. The number of nitrogens with zero attached hydrogens (tertiary/aromatic N) is 4. The summed E-state index contributed by atoms with van der Waals surface area (Å²) >= 11 is 0. The number of hydrogen-bond acceptors (Lipinski definition) is 5. The lowest BCUT2D eigenvalue weighted by Crippen LogP contribution is -2.05. The molecule has 0 radical (unpaired) electrons. The first kappa shape index (κ1) is 11.4. The van der Waals surface area contributed by atoms with Crippen LogP contribution in [0.2, 0.25) is 0 Å². The summed E-state index contributed by atoms with van der Waals surface area (Å²) in [5, 5.41) is 0. The zero-order chi connectivity index (χ0) is 12.3. The van der Waals surface area contributed by atoms with E-state index < -0.39 is 0 Å². The van der Waals surface area contributed by atoms with Crippen LogP contribution in [-0.4, -0.2) is 19.9 Å². The summed E-state index contributed by atoms with van der Waals surface area (Å²) in [4.78, 5) is 16.8. The predicted molar refractivity (Wildman–Crippen MR) is 66.2 cm³/mol. The number of nitrogens with two attached hydrogens (primary N) is 1. The van der Waals surface area contributed by atoms with Gasteiger partial charge in [0.1, 0.15) is 11.5 Å². The largest absolute Gasteiger partial charge is 0.368 e. The molecule has 2 aromatic heterocycles. The van der Waals surface area contributed by atoms with Crippen LogP contribution in [0.25, 0.3) is 11.5 Å². The summed E-state index contributed by atoms with van der Waals surface area (Å²) in [6.07, 6.45) is 3.51. The van der Waals surface area contributed by atoms with Gasteiger partial charge in [0.15, 0.2) is 5.82 Å². The number of aromatic nitrogens is 4. The van der Waals surface area contributed by atoms with Crippen molar-refractivity contribution in [3.63, 3.8) is 0 Å². The molecule has 2 aromatic rings. The SMILES string of the molecule is CCCc1nc(N)nc(-c2cc(C)ccn2)n1. The van der Waals surface area contributed by atoms with Crippen molar-refractivity contribution in [2.75, 3.05) is 5.73 Å². The van der Waals surface area contributed by atoms with Gasteiger partial charge in [-0.15, -0.1) is 0 Å². The van der Waals surface area contributed by atoms with Gasteiger partial charge in [0.2, 0.25) is 5.95 Å². The highest BCUT2D eigenvalue weighted by Gasteiger charge is 2.07. The summed E-state index contributed by atoms with van der Waals surface area (Å²) < 4.78 is 0. The number of rotatable bonds is 3. The van der Waals surface area contributed by atoms with E-state index in [4.69, 9.17) is 5.73 Å².